The second-order valence-electron chi connectivity index (χ2n) is 5.82. The molecule has 1 aromatic carbocycles. The molecule has 0 aromatic heterocycles. The molecule has 0 spiro atoms. The molecule has 3 heteroatoms. The van der Waals surface area contributed by atoms with Gasteiger partial charge in [-0.15, -0.1) is 0 Å². The molecular formula is C18H25NO2. The lowest BCUT2D eigenvalue weighted by Crippen LogP contribution is -2.30. The molecule has 114 valence electrons. The third kappa shape index (κ3) is 5.62. The van der Waals surface area contributed by atoms with Gasteiger partial charge in [0.25, 0.3) is 5.91 Å². The fourth-order valence-electron chi connectivity index (χ4n) is 2.71. The van der Waals surface area contributed by atoms with E-state index in [0.29, 0.717) is 6.54 Å². The van der Waals surface area contributed by atoms with Crippen molar-refractivity contribution < 1.29 is 9.53 Å². The number of rotatable bonds is 6. The van der Waals surface area contributed by atoms with Gasteiger partial charge in [-0.25, -0.2) is 0 Å². The summed E-state index contributed by atoms with van der Waals surface area (Å²) >= 11 is 0. The van der Waals surface area contributed by atoms with E-state index in [2.05, 4.69) is 17.5 Å². The summed E-state index contributed by atoms with van der Waals surface area (Å²) < 4.78 is 5.55. The van der Waals surface area contributed by atoms with Crippen LogP contribution in [0.5, 0.6) is 5.75 Å². The van der Waals surface area contributed by atoms with E-state index in [-0.39, 0.29) is 12.5 Å². The first-order chi connectivity index (χ1) is 10.1. The zero-order chi connectivity index (χ0) is 15.1. The molecule has 0 aliphatic heterocycles. The van der Waals surface area contributed by atoms with Crippen LogP contribution in [-0.4, -0.2) is 19.1 Å². The van der Waals surface area contributed by atoms with Crippen LogP contribution in [0.2, 0.25) is 0 Å². The predicted molar refractivity (Wildman–Crippen MR) is 85.6 cm³/mol. The van der Waals surface area contributed by atoms with Gasteiger partial charge in [0.05, 0.1) is 0 Å². The van der Waals surface area contributed by atoms with Gasteiger partial charge in [-0.3, -0.25) is 4.79 Å². The first-order valence-corrected chi connectivity index (χ1v) is 7.79. The van der Waals surface area contributed by atoms with Crippen molar-refractivity contribution in [3.05, 3.63) is 41.0 Å². The maximum Gasteiger partial charge on any atom is 0.257 e. The number of carbonyl (C=O) groups is 1. The van der Waals surface area contributed by atoms with Crippen molar-refractivity contribution in [1.82, 2.24) is 5.32 Å². The molecule has 0 heterocycles. The molecule has 1 amide bonds. The highest BCUT2D eigenvalue weighted by atomic mass is 16.5. The number of amides is 1. The first-order valence-electron chi connectivity index (χ1n) is 7.79. The Bertz CT molecular complexity index is 500. The molecule has 0 radical (unpaired) electrons. The molecule has 0 unspecified atom stereocenters. The van der Waals surface area contributed by atoms with E-state index < -0.39 is 0 Å². The smallest absolute Gasteiger partial charge is 0.257 e. The highest BCUT2D eigenvalue weighted by Crippen LogP contribution is 2.19. The number of aryl methyl sites for hydroxylation is 2. The molecule has 21 heavy (non-hydrogen) atoms. The van der Waals surface area contributed by atoms with E-state index in [1.165, 1.54) is 31.3 Å². The molecule has 1 aromatic rings. The average molecular weight is 287 g/mol. The largest absolute Gasteiger partial charge is 0.484 e. The molecular weight excluding hydrogens is 262 g/mol. The molecule has 1 N–H and O–H groups in total. The number of nitrogens with one attached hydrogen (secondary N) is 1. The lowest BCUT2D eigenvalue weighted by Gasteiger charge is -2.13. The quantitative estimate of drug-likeness (QED) is 0.810. The maximum atomic E-state index is 11.8. The molecule has 3 nitrogen and oxygen atoms in total. The Morgan fingerprint density at radius 1 is 1.19 bits per heavy atom. The van der Waals surface area contributed by atoms with Crippen molar-refractivity contribution in [1.29, 1.82) is 0 Å². The number of hydrogen-bond donors (Lipinski definition) is 1. The van der Waals surface area contributed by atoms with Crippen LogP contribution in [0.15, 0.2) is 29.8 Å². The van der Waals surface area contributed by atoms with Gasteiger partial charge >= 0.3 is 0 Å². The van der Waals surface area contributed by atoms with Crippen LogP contribution in [0.1, 0.15) is 43.2 Å². The van der Waals surface area contributed by atoms with Crippen molar-refractivity contribution in [3.63, 3.8) is 0 Å². The Morgan fingerprint density at radius 2 is 1.95 bits per heavy atom. The van der Waals surface area contributed by atoms with Gasteiger partial charge in [0, 0.05) is 6.54 Å². The third-order valence-electron chi connectivity index (χ3n) is 3.72. The van der Waals surface area contributed by atoms with Gasteiger partial charge < -0.3 is 10.1 Å². The van der Waals surface area contributed by atoms with Crippen LogP contribution in [0.3, 0.4) is 0 Å². The molecule has 0 bridgehead atoms. The van der Waals surface area contributed by atoms with Crippen molar-refractivity contribution in [2.75, 3.05) is 13.2 Å². The molecule has 2 rings (SSSR count). The lowest BCUT2D eigenvalue weighted by atomic mass is 9.97. The van der Waals surface area contributed by atoms with Gasteiger partial charge in [-0.05, 0) is 69.2 Å². The molecule has 0 saturated carbocycles. The van der Waals surface area contributed by atoms with Gasteiger partial charge in [-0.1, -0.05) is 17.7 Å². The Hall–Kier alpha value is -1.77. The number of carbonyl (C=O) groups excluding carboxylic acids is 1. The summed E-state index contributed by atoms with van der Waals surface area (Å²) in [6.07, 6.45) is 8.26. The molecule has 1 aliphatic rings. The monoisotopic (exact) mass is 287 g/mol. The lowest BCUT2D eigenvalue weighted by molar-refractivity contribution is -0.123. The van der Waals surface area contributed by atoms with Crippen LogP contribution < -0.4 is 10.1 Å². The standard InChI is InChI=1S/C18H25NO2/c1-14-10-15(2)12-17(11-14)21-13-18(20)19-9-8-16-6-4-3-5-7-16/h6,10-12H,3-5,7-9,13H2,1-2H3,(H,19,20). The minimum absolute atomic E-state index is 0.0504. The molecule has 0 fully saturated rings. The summed E-state index contributed by atoms with van der Waals surface area (Å²) in [5, 5.41) is 2.92. The minimum Gasteiger partial charge on any atom is -0.484 e. The third-order valence-corrected chi connectivity index (χ3v) is 3.72. The minimum atomic E-state index is -0.0504. The number of benzene rings is 1. The van der Waals surface area contributed by atoms with E-state index in [4.69, 9.17) is 4.74 Å². The van der Waals surface area contributed by atoms with Crippen LogP contribution in [-0.2, 0) is 4.79 Å². The van der Waals surface area contributed by atoms with Crippen LogP contribution >= 0.6 is 0 Å². The molecule has 1 aliphatic carbocycles. The topological polar surface area (TPSA) is 38.3 Å². The fraction of sp³-hybridized carbons (Fsp3) is 0.500. The van der Waals surface area contributed by atoms with Gasteiger partial charge in [0.2, 0.25) is 0 Å². The van der Waals surface area contributed by atoms with E-state index in [0.717, 1.165) is 23.3 Å². The van der Waals surface area contributed by atoms with Gasteiger partial charge in [-0.2, -0.15) is 0 Å². The second kappa shape index (κ2) is 7.87. The van der Waals surface area contributed by atoms with Gasteiger partial charge in [0.1, 0.15) is 5.75 Å². The summed E-state index contributed by atoms with van der Waals surface area (Å²) in [6, 6.07) is 5.99. The Balaban J connectivity index is 1.68. The second-order valence-corrected chi connectivity index (χ2v) is 5.82. The Morgan fingerprint density at radius 3 is 2.62 bits per heavy atom. The summed E-state index contributed by atoms with van der Waals surface area (Å²) in [6.45, 7) is 4.85. The normalized spacial score (nSPS) is 14.5. The van der Waals surface area contributed by atoms with Gasteiger partial charge in [0.15, 0.2) is 6.61 Å². The van der Waals surface area contributed by atoms with Crippen molar-refractivity contribution >= 4 is 5.91 Å². The highest BCUT2D eigenvalue weighted by Gasteiger charge is 2.06. The summed E-state index contributed by atoms with van der Waals surface area (Å²) in [5.41, 5.74) is 3.78. The predicted octanol–water partition coefficient (Wildman–Crippen LogP) is 3.69. The fourth-order valence-corrected chi connectivity index (χ4v) is 2.71. The summed E-state index contributed by atoms with van der Waals surface area (Å²) in [4.78, 5) is 11.8. The molecule has 0 atom stereocenters. The van der Waals surface area contributed by atoms with Crippen LogP contribution in [0, 0.1) is 13.8 Å². The average Bonchev–Trinajstić information content (AvgIpc) is 2.45. The summed E-state index contributed by atoms with van der Waals surface area (Å²) in [5.74, 6) is 0.711. The zero-order valence-electron chi connectivity index (χ0n) is 13.1. The summed E-state index contributed by atoms with van der Waals surface area (Å²) in [7, 11) is 0. The van der Waals surface area contributed by atoms with E-state index >= 15 is 0 Å². The van der Waals surface area contributed by atoms with Crippen molar-refractivity contribution in [3.8, 4) is 5.75 Å². The van der Waals surface area contributed by atoms with E-state index in [9.17, 15) is 4.79 Å². The number of ether oxygens (including phenoxy) is 1. The number of allylic oxidation sites excluding steroid dienone is 1. The maximum absolute atomic E-state index is 11.8. The van der Waals surface area contributed by atoms with Crippen LogP contribution in [0.25, 0.3) is 0 Å². The number of hydrogen-bond acceptors (Lipinski definition) is 2. The van der Waals surface area contributed by atoms with Crippen LogP contribution in [0.4, 0.5) is 0 Å². The molecule has 0 saturated heterocycles. The SMILES string of the molecule is Cc1cc(C)cc(OCC(=O)NCCC2=CCCCC2)c1. The highest BCUT2D eigenvalue weighted by molar-refractivity contribution is 5.77. The Kier molecular flexibility index (Phi) is 5.85. The van der Waals surface area contributed by atoms with Crippen molar-refractivity contribution in [2.24, 2.45) is 0 Å². The first kappa shape index (κ1) is 15.6. The van der Waals surface area contributed by atoms with Crippen molar-refractivity contribution in [2.45, 2.75) is 46.0 Å². The Labute approximate surface area is 127 Å². The van der Waals surface area contributed by atoms with E-state index in [1.807, 2.05) is 26.0 Å². The van der Waals surface area contributed by atoms with E-state index in [1.54, 1.807) is 0 Å². The zero-order valence-corrected chi connectivity index (χ0v) is 13.1.